The average Bonchev–Trinajstić information content (AvgIpc) is 3.16. The number of hydrogen-bond donors (Lipinski definition) is 1. The Bertz CT molecular complexity index is 1220. The molecule has 0 bridgehead atoms. The monoisotopic (exact) mass is 435 g/mol. The molecule has 0 aliphatic carbocycles. The standard InChI is InChI=1S/C22H21N5OS2/c1-14-12-15(2)27-21(23-14)25-22(26-27)30-13-16-8-4-5-9-17(16)20(28)24-18-10-6-7-11-19(18)29-3/h4-12H,13H2,1-3H3,(H,24,28). The summed E-state index contributed by atoms with van der Waals surface area (Å²) in [6.07, 6.45) is 2.00. The summed E-state index contributed by atoms with van der Waals surface area (Å²) < 4.78 is 1.74. The lowest BCUT2D eigenvalue weighted by atomic mass is 10.1. The largest absolute Gasteiger partial charge is 0.321 e. The minimum atomic E-state index is -0.121. The second-order valence-electron chi connectivity index (χ2n) is 6.75. The van der Waals surface area contributed by atoms with Crippen LogP contribution in [0.1, 0.15) is 27.3 Å². The summed E-state index contributed by atoms with van der Waals surface area (Å²) in [5.41, 5.74) is 4.30. The number of benzene rings is 2. The van der Waals surface area contributed by atoms with Crippen LogP contribution in [-0.2, 0) is 5.75 Å². The molecule has 1 N–H and O–H groups in total. The number of hydrogen-bond acceptors (Lipinski definition) is 6. The number of fused-ring (bicyclic) bond motifs is 1. The smallest absolute Gasteiger partial charge is 0.256 e. The quantitative estimate of drug-likeness (QED) is 0.429. The van der Waals surface area contributed by atoms with E-state index in [1.807, 2.05) is 74.7 Å². The number of anilines is 1. The van der Waals surface area contributed by atoms with Gasteiger partial charge in [-0.25, -0.2) is 9.50 Å². The molecule has 0 aliphatic heterocycles. The lowest BCUT2D eigenvalue weighted by molar-refractivity contribution is 0.102. The number of para-hydroxylation sites is 1. The summed E-state index contributed by atoms with van der Waals surface area (Å²) in [4.78, 5) is 22.9. The van der Waals surface area contributed by atoms with Crippen LogP contribution < -0.4 is 5.32 Å². The van der Waals surface area contributed by atoms with Gasteiger partial charge in [0.25, 0.3) is 11.7 Å². The normalized spacial score (nSPS) is 11.0. The van der Waals surface area contributed by atoms with E-state index in [2.05, 4.69) is 20.4 Å². The third-order valence-electron chi connectivity index (χ3n) is 4.57. The van der Waals surface area contributed by atoms with Gasteiger partial charge < -0.3 is 5.32 Å². The summed E-state index contributed by atoms with van der Waals surface area (Å²) in [7, 11) is 0. The molecule has 0 radical (unpaired) electrons. The summed E-state index contributed by atoms with van der Waals surface area (Å²) in [6, 6.07) is 17.4. The van der Waals surface area contributed by atoms with Crippen LogP contribution in [-0.4, -0.2) is 31.7 Å². The highest BCUT2D eigenvalue weighted by molar-refractivity contribution is 7.98. The van der Waals surface area contributed by atoms with Gasteiger partial charge in [0.05, 0.1) is 5.69 Å². The molecule has 1 amide bonds. The maximum atomic E-state index is 13.0. The average molecular weight is 436 g/mol. The molecule has 4 aromatic rings. The van der Waals surface area contributed by atoms with Crippen LogP contribution in [0.4, 0.5) is 5.69 Å². The summed E-state index contributed by atoms with van der Waals surface area (Å²) in [5.74, 6) is 1.06. The Kier molecular flexibility index (Phi) is 6.06. The topological polar surface area (TPSA) is 72.2 Å². The lowest BCUT2D eigenvalue weighted by Gasteiger charge is -2.11. The van der Waals surface area contributed by atoms with E-state index in [0.717, 1.165) is 27.5 Å². The first-order chi connectivity index (χ1) is 14.5. The Labute approximate surface area is 183 Å². The third-order valence-corrected chi connectivity index (χ3v) is 6.26. The van der Waals surface area contributed by atoms with Crippen LogP contribution in [0.3, 0.4) is 0 Å². The first-order valence-electron chi connectivity index (χ1n) is 9.41. The fraction of sp³-hybridized carbons (Fsp3) is 0.182. The van der Waals surface area contributed by atoms with Crippen LogP contribution >= 0.6 is 23.5 Å². The van der Waals surface area contributed by atoms with Crippen LogP contribution in [0.25, 0.3) is 5.78 Å². The van der Waals surface area contributed by atoms with Gasteiger partial charge >= 0.3 is 0 Å². The van der Waals surface area contributed by atoms with E-state index in [1.165, 1.54) is 11.8 Å². The zero-order valence-corrected chi connectivity index (χ0v) is 18.5. The molecule has 2 heterocycles. The van der Waals surface area contributed by atoms with Gasteiger partial charge in [-0.3, -0.25) is 4.79 Å². The van der Waals surface area contributed by atoms with E-state index in [1.54, 1.807) is 16.3 Å². The van der Waals surface area contributed by atoms with E-state index >= 15 is 0 Å². The van der Waals surface area contributed by atoms with Crippen molar-refractivity contribution in [3.63, 3.8) is 0 Å². The van der Waals surface area contributed by atoms with Crippen molar-refractivity contribution < 1.29 is 4.79 Å². The molecule has 152 valence electrons. The van der Waals surface area contributed by atoms with Crippen molar-refractivity contribution in [2.45, 2.75) is 29.7 Å². The molecular formula is C22H21N5OS2. The molecular weight excluding hydrogens is 414 g/mol. The Morgan fingerprint density at radius 1 is 1.07 bits per heavy atom. The van der Waals surface area contributed by atoms with Crippen molar-refractivity contribution in [2.24, 2.45) is 0 Å². The lowest BCUT2D eigenvalue weighted by Crippen LogP contribution is -2.14. The van der Waals surface area contributed by atoms with Gasteiger partial charge in [-0.2, -0.15) is 4.98 Å². The molecule has 0 saturated carbocycles. The van der Waals surface area contributed by atoms with Crippen LogP contribution in [0.15, 0.2) is 64.6 Å². The predicted molar refractivity (Wildman–Crippen MR) is 122 cm³/mol. The highest BCUT2D eigenvalue weighted by atomic mass is 32.2. The Morgan fingerprint density at radius 2 is 1.83 bits per heavy atom. The second-order valence-corrected chi connectivity index (χ2v) is 8.54. The van der Waals surface area contributed by atoms with Crippen molar-refractivity contribution >= 4 is 40.9 Å². The number of nitrogens with one attached hydrogen (secondary N) is 1. The van der Waals surface area contributed by atoms with Gasteiger partial charge in [0, 0.05) is 27.6 Å². The summed E-state index contributed by atoms with van der Waals surface area (Å²) in [5, 5.41) is 8.21. The number of carbonyl (C=O) groups is 1. The fourth-order valence-electron chi connectivity index (χ4n) is 3.16. The van der Waals surface area contributed by atoms with Gasteiger partial charge in [-0.1, -0.05) is 42.1 Å². The van der Waals surface area contributed by atoms with Crippen molar-refractivity contribution in [2.75, 3.05) is 11.6 Å². The molecule has 8 heteroatoms. The van der Waals surface area contributed by atoms with Gasteiger partial charge in [0.1, 0.15) is 0 Å². The van der Waals surface area contributed by atoms with E-state index in [9.17, 15) is 4.79 Å². The van der Waals surface area contributed by atoms with Crippen molar-refractivity contribution in [3.05, 3.63) is 77.1 Å². The van der Waals surface area contributed by atoms with Crippen molar-refractivity contribution in [1.82, 2.24) is 19.6 Å². The fourth-order valence-corrected chi connectivity index (χ4v) is 4.53. The maximum Gasteiger partial charge on any atom is 0.256 e. The molecule has 2 aromatic carbocycles. The van der Waals surface area contributed by atoms with Gasteiger partial charge in [-0.15, -0.1) is 16.9 Å². The van der Waals surface area contributed by atoms with E-state index in [4.69, 9.17) is 0 Å². The number of carbonyl (C=O) groups excluding carboxylic acids is 1. The Balaban J connectivity index is 1.53. The van der Waals surface area contributed by atoms with E-state index < -0.39 is 0 Å². The minimum Gasteiger partial charge on any atom is -0.321 e. The van der Waals surface area contributed by atoms with Crippen molar-refractivity contribution in [3.8, 4) is 0 Å². The van der Waals surface area contributed by atoms with Crippen LogP contribution in [0.5, 0.6) is 0 Å². The third kappa shape index (κ3) is 4.34. The highest BCUT2D eigenvalue weighted by Crippen LogP contribution is 2.27. The first kappa shape index (κ1) is 20.4. The van der Waals surface area contributed by atoms with Gasteiger partial charge in [0.2, 0.25) is 5.16 Å². The molecule has 0 aliphatic rings. The zero-order valence-electron chi connectivity index (χ0n) is 16.9. The van der Waals surface area contributed by atoms with Gasteiger partial charge in [0.15, 0.2) is 0 Å². The molecule has 0 fully saturated rings. The number of rotatable bonds is 6. The van der Waals surface area contributed by atoms with E-state index in [-0.39, 0.29) is 5.91 Å². The van der Waals surface area contributed by atoms with Gasteiger partial charge in [-0.05, 0) is 49.9 Å². The molecule has 6 nitrogen and oxygen atoms in total. The molecule has 0 unspecified atom stereocenters. The zero-order chi connectivity index (χ0) is 21.1. The minimum absolute atomic E-state index is 0.121. The first-order valence-corrected chi connectivity index (χ1v) is 11.6. The molecule has 0 saturated heterocycles. The number of thioether (sulfide) groups is 2. The maximum absolute atomic E-state index is 13.0. The SMILES string of the molecule is CSc1ccccc1NC(=O)c1ccccc1CSc1nc2nc(C)cc(C)n2n1. The van der Waals surface area contributed by atoms with Crippen LogP contribution in [0, 0.1) is 13.8 Å². The molecule has 30 heavy (non-hydrogen) atoms. The Hall–Kier alpha value is -2.84. The number of aryl methyl sites for hydroxylation is 2. The molecule has 4 rings (SSSR count). The molecule has 2 aromatic heterocycles. The van der Waals surface area contributed by atoms with Crippen molar-refractivity contribution in [1.29, 1.82) is 0 Å². The second kappa shape index (κ2) is 8.89. The number of amides is 1. The highest BCUT2D eigenvalue weighted by Gasteiger charge is 2.14. The van der Waals surface area contributed by atoms with E-state index in [0.29, 0.717) is 22.3 Å². The Morgan fingerprint density at radius 3 is 2.67 bits per heavy atom. The molecule has 0 spiro atoms. The predicted octanol–water partition coefficient (Wildman–Crippen LogP) is 5.01. The summed E-state index contributed by atoms with van der Waals surface area (Å²) in [6.45, 7) is 3.93. The number of aromatic nitrogens is 4. The summed E-state index contributed by atoms with van der Waals surface area (Å²) >= 11 is 3.10. The number of nitrogens with zero attached hydrogens (tertiary/aromatic N) is 4. The van der Waals surface area contributed by atoms with Crippen LogP contribution in [0.2, 0.25) is 0 Å². The molecule has 0 atom stereocenters.